The molecule has 1 heterocycles. The lowest BCUT2D eigenvalue weighted by Gasteiger charge is -2.18. The number of anilines is 1. The van der Waals surface area contributed by atoms with Crippen LogP contribution in [-0.2, 0) is 6.54 Å². The molecule has 3 heteroatoms. The van der Waals surface area contributed by atoms with Gasteiger partial charge in [-0.2, -0.15) is 0 Å². The van der Waals surface area contributed by atoms with Gasteiger partial charge in [0.1, 0.15) is 0 Å². The van der Waals surface area contributed by atoms with Crippen LogP contribution < -0.4 is 5.32 Å². The van der Waals surface area contributed by atoms with Crippen molar-refractivity contribution < 1.29 is 0 Å². The fourth-order valence-electron chi connectivity index (χ4n) is 2.94. The van der Waals surface area contributed by atoms with Crippen molar-refractivity contribution in [3.8, 4) is 0 Å². The average Bonchev–Trinajstić information content (AvgIpc) is 2.90. The lowest BCUT2D eigenvalue weighted by Crippen LogP contribution is -2.26. The Hall–Kier alpha value is -1.07. The van der Waals surface area contributed by atoms with Crippen LogP contribution in [0, 0.1) is 10.5 Å². The normalized spacial score (nSPS) is 18.9. The molecule has 0 amide bonds. The van der Waals surface area contributed by atoms with Gasteiger partial charge in [0.25, 0.3) is 0 Å². The second-order valence-electron chi connectivity index (χ2n) is 5.81. The van der Waals surface area contributed by atoms with Crippen LogP contribution in [0.3, 0.4) is 0 Å². The lowest BCUT2D eigenvalue weighted by atomic mass is 10.1. The summed E-state index contributed by atoms with van der Waals surface area (Å²) < 4.78 is 1.30. The van der Waals surface area contributed by atoms with E-state index in [2.05, 4.69) is 88.3 Å². The third-order valence-electron chi connectivity index (χ3n) is 4.07. The maximum absolute atomic E-state index is 3.71. The number of benzene rings is 2. The van der Waals surface area contributed by atoms with Crippen LogP contribution in [0.15, 0.2) is 48.5 Å². The van der Waals surface area contributed by atoms with Gasteiger partial charge in [0.05, 0.1) is 0 Å². The maximum Gasteiger partial charge on any atom is 0.0400 e. The van der Waals surface area contributed by atoms with E-state index in [0.29, 0.717) is 6.04 Å². The Bertz CT molecular complexity index is 597. The van der Waals surface area contributed by atoms with Crippen molar-refractivity contribution in [2.45, 2.75) is 25.9 Å². The fraction of sp³-hybridized carbons (Fsp3) is 0.333. The summed E-state index contributed by atoms with van der Waals surface area (Å²) in [6, 6.07) is 17.9. The first-order valence-corrected chi connectivity index (χ1v) is 8.57. The first-order valence-electron chi connectivity index (χ1n) is 7.50. The highest BCUT2D eigenvalue weighted by Crippen LogP contribution is 2.22. The lowest BCUT2D eigenvalue weighted by molar-refractivity contribution is 0.328. The van der Waals surface area contributed by atoms with Gasteiger partial charge in [-0.25, -0.2) is 0 Å². The summed E-state index contributed by atoms with van der Waals surface area (Å²) in [6.07, 6.45) is 1.22. The Balaban J connectivity index is 1.57. The summed E-state index contributed by atoms with van der Waals surface area (Å²) in [4.78, 5) is 2.54. The number of aryl methyl sites for hydroxylation is 1. The van der Waals surface area contributed by atoms with Crippen molar-refractivity contribution in [2.24, 2.45) is 0 Å². The van der Waals surface area contributed by atoms with Gasteiger partial charge in [0.15, 0.2) is 0 Å². The number of hydrogen-bond acceptors (Lipinski definition) is 2. The Kier molecular flexibility index (Phi) is 4.80. The van der Waals surface area contributed by atoms with Crippen molar-refractivity contribution in [1.82, 2.24) is 4.90 Å². The number of nitrogens with one attached hydrogen (secondary N) is 1. The topological polar surface area (TPSA) is 15.3 Å². The van der Waals surface area contributed by atoms with E-state index >= 15 is 0 Å². The van der Waals surface area contributed by atoms with Crippen LogP contribution in [0.25, 0.3) is 0 Å². The zero-order valence-electron chi connectivity index (χ0n) is 12.3. The van der Waals surface area contributed by atoms with Crippen molar-refractivity contribution in [3.63, 3.8) is 0 Å². The fourth-order valence-corrected chi connectivity index (χ4v) is 3.59. The minimum Gasteiger partial charge on any atom is -0.381 e. The largest absolute Gasteiger partial charge is 0.381 e. The monoisotopic (exact) mass is 392 g/mol. The van der Waals surface area contributed by atoms with Gasteiger partial charge in [-0.3, -0.25) is 4.90 Å². The van der Waals surface area contributed by atoms with Crippen molar-refractivity contribution in [2.75, 3.05) is 18.4 Å². The zero-order chi connectivity index (χ0) is 14.7. The molecule has 1 atom stereocenters. The van der Waals surface area contributed by atoms with Gasteiger partial charge < -0.3 is 5.32 Å². The molecule has 2 aromatic rings. The molecule has 0 radical (unpaired) electrons. The van der Waals surface area contributed by atoms with Gasteiger partial charge >= 0.3 is 0 Å². The molecule has 1 aliphatic heterocycles. The molecule has 1 aliphatic rings. The van der Waals surface area contributed by atoms with Crippen LogP contribution in [0.2, 0.25) is 0 Å². The molecule has 0 bridgehead atoms. The van der Waals surface area contributed by atoms with E-state index in [1.165, 1.54) is 33.4 Å². The SMILES string of the molecule is Cc1cc(I)ccc1NC1CCN(Cc2ccccc2)C1. The second-order valence-corrected chi connectivity index (χ2v) is 7.06. The molecule has 21 heavy (non-hydrogen) atoms. The summed E-state index contributed by atoms with van der Waals surface area (Å²) in [7, 11) is 0. The van der Waals surface area contributed by atoms with Crippen molar-refractivity contribution in [3.05, 3.63) is 63.2 Å². The van der Waals surface area contributed by atoms with Gasteiger partial charge in [-0.1, -0.05) is 30.3 Å². The summed E-state index contributed by atoms with van der Waals surface area (Å²) in [5.74, 6) is 0. The molecule has 0 aliphatic carbocycles. The summed E-state index contributed by atoms with van der Waals surface area (Å²) in [5, 5.41) is 3.71. The third kappa shape index (κ3) is 3.98. The van der Waals surface area contributed by atoms with E-state index in [0.717, 1.165) is 13.1 Å². The molecule has 2 nitrogen and oxygen atoms in total. The number of halogens is 1. The van der Waals surface area contributed by atoms with Gasteiger partial charge in [0, 0.05) is 34.9 Å². The highest BCUT2D eigenvalue weighted by atomic mass is 127. The van der Waals surface area contributed by atoms with Crippen molar-refractivity contribution in [1.29, 1.82) is 0 Å². The van der Waals surface area contributed by atoms with E-state index in [4.69, 9.17) is 0 Å². The smallest absolute Gasteiger partial charge is 0.0400 e. The standard InChI is InChI=1S/C18H21IN2/c1-14-11-16(19)7-8-18(14)20-17-9-10-21(13-17)12-15-5-3-2-4-6-15/h2-8,11,17,20H,9-10,12-13H2,1H3. The van der Waals surface area contributed by atoms with Gasteiger partial charge in [-0.15, -0.1) is 0 Å². The minimum absolute atomic E-state index is 0.562. The Morgan fingerprint density at radius 1 is 1.19 bits per heavy atom. The van der Waals surface area contributed by atoms with E-state index in [1.807, 2.05) is 0 Å². The van der Waals surface area contributed by atoms with E-state index in [-0.39, 0.29) is 0 Å². The first-order chi connectivity index (χ1) is 10.2. The summed E-state index contributed by atoms with van der Waals surface area (Å²) in [6.45, 7) is 5.54. The highest BCUT2D eigenvalue weighted by Gasteiger charge is 2.22. The van der Waals surface area contributed by atoms with Crippen LogP contribution >= 0.6 is 22.6 Å². The molecule has 1 fully saturated rings. The van der Waals surface area contributed by atoms with Gasteiger partial charge in [0.2, 0.25) is 0 Å². The summed E-state index contributed by atoms with van der Waals surface area (Å²) in [5.41, 5.74) is 4.02. The molecule has 0 spiro atoms. The predicted octanol–water partition coefficient (Wildman–Crippen LogP) is 4.29. The molecule has 0 saturated carbocycles. The molecular weight excluding hydrogens is 371 g/mol. The Morgan fingerprint density at radius 3 is 2.76 bits per heavy atom. The van der Waals surface area contributed by atoms with Gasteiger partial charge in [-0.05, 0) is 65.3 Å². The van der Waals surface area contributed by atoms with Crippen LogP contribution in [0.1, 0.15) is 17.5 Å². The number of likely N-dealkylation sites (tertiary alicyclic amines) is 1. The number of rotatable bonds is 4. The highest BCUT2D eigenvalue weighted by molar-refractivity contribution is 14.1. The van der Waals surface area contributed by atoms with Crippen LogP contribution in [0.4, 0.5) is 5.69 Å². The molecule has 1 saturated heterocycles. The Labute approximate surface area is 140 Å². The molecular formula is C18H21IN2. The quantitative estimate of drug-likeness (QED) is 0.782. The zero-order valence-corrected chi connectivity index (χ0v) is 14.5. The van der Waals surface area contributed by atoms with E-state index in [9.17, 15) is 0 Å². The third-order valence-corrected chi connectivity index (χ3v) is 4.74. The van der Waals surface area contributed by atoms with Crippen molar-refractivity contribution >= 4 is 28.3 Å². The van der Waals surface area contributed by atoms with Crippen LogP contribution in [-0.4, -0.2) is 24.0 Å². The molecule has 110 valence electrons. The van der Waals surface area contributed by atoms with E-state index < -0.39 is 0 Å². The number of hydrogen-bond donors (Lipinski definition) is 1. The average molecular weight is 392 g/mol. The molecule has 1 N–H and O–H groups in total. The molecule has 1 unspecified atom stereocenters. The van der Waals surface area contributed by atoms with E-state index in [1.54, 1.807) is 0 Å². The van der Waals surface area contributed by atoms with Crippen LogP contribution in [0.5, 0.6) is 0 Å². The molecule has 3 rings (SSSR count). The molecule has 0 aromatic heterocycles. The predicted molar refractivity (Wildman–Crippen MR) is 97.6 cm³/mol. The molecule has 2 aromatic carbocycles. The minimum atomic E-state index is 0.562. The summed E-state index contributed by atoms with van der Waals surface area (Å²) >= 11 is 2.37. The number of nitrogens with zero attached hydrogens (tertiary/aromatic N) is 1. The Morgan fingerprint density at radius 2 is 2.00 bits per heavy atom. The second kappa shape index (κ2) is 6.79. The first kappa shape index (κ1) is 14.9. The maximum atomic E-state index is 3.71.